The molecule has 0 spiro atoms. The van der Waals surface area contributed by atoms with Crippen molar-refractivity contribution in [3.05, 3.63) is 35.9 Å². The molecule has 1 atom stereocenters. The van der Waals surface area contributed by atoms with Crippen LogP contribution in [0.15, 0.2) is 30.3 Å². The monoisotopic (exact) mass is 291 g/mol. The lowest BCUT2D eigenvalue weighted by molar-refractivity contribution is -0.158. The van der Waals surface area contributed by atoms with E-state index in [1.807, 2.05) is 58.0 Å². The molecule has 0 heterocycles. The highest BCUT2D eigenvalue weighted by atomic mass is 16.6. The van der Waals surface area contributed by atoms with Gasteiger partial charge in [0.25, 0.3) is 0 Å². The fourth-order valence-electron chi connectivity index (χ4n) is 1.91. The summed E-state index contributed by atoms with van der Waals surface area (Å²) in [7, 11) is 0. The van der Waals surface area contributed by atoms with Gasteiger partial charge in [-0.25, -0.2) is 4.79 Å². The van der Waals surface area contributed by atoms with Gasteiger partial charge < -0.3 is 10.1 Å². The number of hydrogen-bond acceptors (Lipinski definition) is 3. The molecule has 1 N–H and O–H groups in total. The van der Waals surface area contributed by atoms with E-state index in [4.69, 9.17) is 4.74 Å². The van der Waals surface area contributed by atoms with Gasteiger partial charge in [-0.1, -0.05) is 37.3 Å². The highest BCUT2D eigenvalue weighted by molar-refractivity contribution is 5.84. The standard InChI is InChI=1S/C17H25NO3/c1-5-9-15(19)18-14(16(20)21-17(2,3)4)12-13-10-7-6-8-11-13/h6-8,10-11,14H,5,9,12H2,1-4H3,(H,18,19). The molecule has 0 saturated heterocycles. The molecule has 0 saturated carbocycles. The molecular formula is C17H25NO3. The minimum absolute atomic E-state index is 0.121. The Bertz CT molecular complexity index is 463. The number of ether oxygens (including phenoxy) is 1. The van der Waals surface area contributed by atoms with Gasteiger partial charge in [0.1, 0.15) is 11.6 Å². The van der Waals surface area contributed by atoms with E-state index in [1.165, 1.54) is 0 Å². The van der Waals surface area contributed by atoms with Crippen LogP contribution in [0, 0.1) is 0 Å². The third kappa shape index (κ3) is 6.93. The van der Waals surface area contributed by atoms with Crippen molar-refractivity contribution in [3.63, 3.8) is 0 Å². The number of esters is 1. The van der Waals surface area contributed by atoms with Crippen LogP contribution in [0.4, 0.5) is 0 Å². The van der Waals surface area contributed by atoms with Crippen LogP contribution in [0.25, 0.3) is 0 Å². The quantitative estimate of drug-likeness (QED) is 0.820. The second-order valence-corrected chi connectivity index (χ2v) is 6.09. The van der Waals surface area contributed by atoms with Crippen LogP contribution in [0.2, 0.25) is 0 Å². The molecule has 1 unspecified atom stereocenters. The Balaban J connectivity index is 2.78. The first-order chi connectivity index (χ1) is 9.81. The molecule has 116 valence electrons. The van der Waals surface area contributed by atoms with Crippen LogP contribution in [0.1, 0.15) is 46.1 Å². The summed E-state index contributed by atoms with van der Waals surface area (Å²) in [5.74, 6) is -0.514. The Morgan fingerprint density at radius 2 is 1.81 bits per heavy atom. The zero-order chi connectivity index (χ0) is 15.9. The van der Waals surface area contributed by atoms with Crippen molar-refractivity contribution in [2.45, 2.75) is 58.6 Å². The molecule has 0 aliphatic rings. The minimum atomic E-state index is -0.648. The maximum absolute atomic E-state index is 12.3. The molecule has 1 amide bonds. The Kier molecular flexibility index (Phi) is 6.40. The number of rotatable bonds is 6. The van der Waals surface area contributed by atoms with E-state index >= 15 is 0 Å². The van der Waals surface area contributed by atoms with E-state index in [0.29, 0.717) is 12.8 Å². The summed E-state index contributed by atoms with van der Waals surface area (Å²) in [4.78, 5) is 24.1. The van der Waals surface area contributed by atoms with Crippen LogP contribution in [0.5, 0.6) is 0 Å². The average molecular weight is 291 g/mol. The van der Waals surface area contributed by atoms with Crippen molar-refractivity contribution in [2.24, 2.45) is 0 Å². The molecule has 1 rings (SSSR count). The molecule has 21 heavy (non-hydrogen) atoms. The van der Waals surface area contributed by atoms with Gasteiger partial charge in [0.15, 0.2) is 0 Å². The fraction of sp³-hybridized carbons (Fsp3) is 0.529. The van der Waals surface area contributed by atoms with E-state index in [2.05, 4.69) is 5.32 Å². The normalized spacial score (nSPS) is 12.6. The van der Waals surface area contributed by atoms with Crippen LogP contribution in [0.3, 0.4) is 0 Å². The fourth-order valence-corrected chi connectivity index (χ4v) is 1.91. The molecule has 0 fully saturated rings. The summed E-state index contributed by atoms with van der Waals surface area (Å²) in [5, 5.41) is 2.78. The highest BCUT2D eigenvalue weighted by Crippen LogP contribution is 2.11. The van der Waals surface area contributed by atoms with Crippen molar-refractivity contribution in [1.29, 1.82) is 0 Å². The molecule has 4 nitrogen and oxygen atoms in total. The van der Waals surface area contributed by atoms with E-state index in [0.717, 1.165) is 12.0 Å². The van der Waals surface area contributed by atoms with Gasteiger partial charge in [0, 0.05) is 12.8 Å². The number of carbonyl (C=O) groups excluding carboxylic acids is 2. The first-order valence-electron chi connectivity index (χ1n) is 7.38. The third-order valence-corrected chi connectivity index (χ3v) is 2.79. The summed E-state index contributed by atoms with van der Waals surface area (Å²) < 4.78 is 5.40. The topological polar surface area (TPSA) is 55.4 Å². The molecule has 0 aliphatic heterocycles. The van der Waals surface area contributed by atoms with Crippen LogP contribution in [-0.2, 0) is 20.7 Å². The molecule has 1 aromatic carbocycles. The summed E-state index contributed by atoms with van der Waals surface area (Å²) in [6.45, 7) is 7.38. The van der Waals surface area contributed by atoms with E-state index in [-0.39, 0.29) is 5.91 Å². The van der Waals surface area contributed by atoms with Crippen molar-refractivity contribution in [1.82, 2.24) is 5.32 Å². The van der Waals surface area contributed by atoms with Crippen LogP contribution >= 0.6 is 0 Å². The predicted molar refractivity (Wildman–Crippen MR) is 82.8 cm³/mol. The van der Waals surface area contributed by atoms with Gasteiger partial charge in [-0.05, 0) is 32.8 Å². The van der Waals surface area contributed by atoms with Crippen molar-refractivity contribution >= 4 is 11.9 Å². The second-order valence-electron chi connectivity index (χ2n) is 6.09. The van der Waals surface area contributed by atoms with Crippen molar-refractivity contribution in [2.75, 3.05) is 0 Å². The average Bonchev–Trinajstić information content (AvgIpc) is 2.37. The summed E-state index contributed by atoms with van der Waals surface area (Å²) in [6, 6.07) is 8.96. The molecule has 0 bridgehead atoms. The van der Waals surface area contributed by atoms with Gasteiger partial charge in [-0.2, -0.15) is 0 Å². The summed E-state index contributed by atoms with van der Waals surface area (Å²) in [5.41, 5.74) is 0.423. The van der Waals surface area contributed by atoms with E-state index in [9.17, 15) is 9.59 Å². The Labute approximate surface area is 126 Å². The molecule has 4 heteroatoms. The maximum Gasteiger partial charge on any atom is 0.329 e. The van der Waals surface area contributed by atoms with Gasteiger partial charge in [-0.15, -0.1) is 0 Å². The highest BCUT2D eigenvalue weighted by Gasteiger charge is 2.26. The first kappa shape index (κ1) is 17.2. The number of benzene rings is 1. The third-order valence-electron chi connectivity index (χ3n) is 2.79. The molecule has 0 aliphatic carbocycles. The molecule has 0 radical (unpaired) electrons. The number of amides is 1. The Morgan fingerprint density at radius 3 is 2.33 bits per heavy atom. The number of hydrogen-bond donors (Lipinski definition) is 1. The first-order valence-corrected chi connectivity index (χ1v) is 7.38. The smallest absolute Gasteiger partial charge is 0.329 e. The Morgan fingerprint density at radius 1 is 1.19 bits per heavy atom. The van der Waals surface area contributed by atoms with Crippen LogP contribution in [-0.4, -0.2) is 23.5 Å². The largest absolute Gasteiger partial charge is 0.458 e. The van der Waals surface area contributed by atoms with E-state index < -0.39 is 17.6 Å². The van der Waals surface area contributed by atoms with E-state index in [1.54, 1.807) is 0 Å². The number of carbonyl (C=O) groups is 2. The molecular weight excluding hydrogens is 266 g/mol. The maximum atomic E-state index is 12.3. The van der Waals surface area contributed by atoms with Gasteiger partial charge >= 0.3 is 5.97 Å². The molecule has 1 aromatic rings. The van der Waals surface area contributed by atoms with Gasteiger partial charge in [0.05, 0.1) is 0 Å². The lowest BCUT2D eigenvalue weighted by Crippen LogP contribution is -2.45. The SMILES string of the molecule is CCCC(=O)NC(Cc1ccccc1)C(=O)OC(C)(C)C. The Hall–Kier alpha value is -1.84. The zero-order valence-corrected chi connectivity index (χ0v) is 13.3. The number of nitrogens with one attached hydrogen (secondary N) is 1. The van der Waals surface area contributed by atoms with Gasteiger partial charge in [0.2, 0.25) is 5.91 Å². The minimum Gasteiger partial charge on any atom is -0.458 e. The summed E-state index contributed by atoms with van der Waals surface area (Å²) >= 11 is 0. The lowest BCUT2D eigenvalue weighted by Gasteiger charge is -2.24. The lowest BCUT2D eigenvalue weighted by atomic mass is 10.1. The predicted octanol–water partition coefficient (Wildman–Crippen LogP) is 2.86. The molecule has 0 aromatic heterocycles. The van der Waals surface area contributed by atoms with Gasteiger partial charge in [-0.3, -0.25) is 4.79 Å². The van der Waals surface area contributed by atoms with Crippen molar-refractivity contribution in [3.8, 4) is 0 Å². The summed E-state index contributed by atoms with van der Waals surface area (Å²) in [6.07, 6.45) is 1.59. The zero-order valence-electron chi connectivity index (χ0n) is 13.3. The van der Waals surface area contributed by atoms with Crippen molar-refractivity contribution < 1.29 is 14.3 Å². The second kappa shape index (κ2) is 7.81. The van der Waals surface area contributed by atoms with Crippen LogP contribution < -0.4 is 5.32 Å².